The number of ketones is 1. The Balaban J connectivity index is 2.45. The summed E-state index contributed by atoms with van der Waals surface area (Å²) in [5, 5.41) is 11.4. The summed E-state index contributed by atoms with van der Waals surface area (Å²) < 4.78 is 0. The number of carbonyl (C=O) groups is 2. The summed E-state index contributed by atoms with van der Waals surface area (Å²) in [4.78, 5) is 22.5. The average Bonchev–Trinajstić information content (AvgIpc) is 2.34. The van der Waals surface area contributed by atoms with Crippen LogP contribution in [0.5, 0.6) is 0 Å². The Bertz CT molecular complexity index is 376. The van der Waals surface area contributed by atoms with Crippen molar-refractivity contribution in [2.45, 2.75) is 25.8 Å². The number of hydrogen-bond acceptors (Lipinski definition) is 3. The molecule has 0 aromatic heterocycles. The molecule has 4 nitrogen and oxygen atoms in total. The highest BCUT2D eigenvalue weighted by Gasteiger charge is 2.17. The molecule has 0 aliphatic rings. The average molecular weight is 235 g/mol. The van der Waals surface area contributed by atoms with Crippen LogP contribution in [0.25, 0.3) is 0 Å². The molecule has 0 saturated heterocycles. The number of Topliss-reactive ketones (excluding diaryl/α,β-unsaturated/α-hetero) is 1. The van der Waals surface area contributed by atoms with Gasteiger partial charge in [-0.25, -0.2) is 0 Å². The van der Waals surface area contributed by atoms with Crippen LogP contribution in [-0.2, 0) is 16.0 Å². The van der Waals surface area contributed by atoms with Crippen molar-refractivity contribution < 1.29 is 14.7 Å². The Morgan fingerprint density at radius 3 is 2.47 bits per heavy atom. The second-order valence-corrected chi connectivity index (χ2v) is 3.89. The van der Waals surface area contributed by atoms with Gasteiger partial charge in [0.1, 0.15) is 6.04 Å². The number of benzene rings is 1. The zero-order valence-corrected chi connectivity index (χ0v) is 9.85. The molecule has 0 bridgehead atoms. The predicted molar refractivity (Wildman–Crippen MR) is 64.5 cm³/mol. The molecule has 0 saturated carbocycles. The van der Waals surface area contributed by atoms with Crippen molar-refractivity contribution >= 4 is 11.7 Å². The molecule has 1 amide bonds. The lowest BCUT2D eigenvalue weighted by atomic mass is 10.0. The van der Waals surface area contributed by atoms with Crippen molar-refractivity contribution in [2.75, 3.05) is 6.61 Å². The molecular weight excluding hydrogens is 218 g/mol. The predicted octanol–water partition coefficient (Wildman–Crippen LogP) is 0.685. The van der Waals surface area contributed by atoms with Crippen molar-refractivity contribution in [1.29, 1.82) is 0 Å². The molecule has 4 heteroatoms. The van der Waals surface area contributed by atoms with Gasteiger partial charge in [0, 0.05) is 13.3 Å². The van der Waals surface area contributed by atoms with Gasteiger partial charge in [-0.2, -0.15) is 0 Å². The number of aliphatic hydroxyl groups is 1. The first-order chi connectivity index (χ1) is 8.13. The van der Waals surface area contributed by atoms with E-state index >= 15 is 0 Å². The Labute approximate surface area is 101 Å². The molecule has 92 valence electrons. The molecule has 1 aromatic carbocycles. The maximum Gasteiger partial charge on any atom is 0.217 e. The van der Waals surface area contributed by atoms with E-state index in [9.17, 15) is 9.59 Å². The molecule has 17 heavy (non-hydrogen) atoms. The lowest BCUT2D eigenvalue weighted by Crippen LogP contribution is -2.42. The maximum atomic E-state index is 11.7. The van der Waals surface area contributed by atoms with E-state index in [2.05, 4.69) is 5.32 Å². The summed E-state index contributed by atoms with van der Waals surface area (Å²) in [6.07, 6.45) is 0.936. The van der Waals surface area contributed by atoms with E-state index in [-0.39, 0.29) is 18.3 Å². The highest BCUT2D eigenvalue weighted by atomic mass is 16.3. The maximum absolute atomic E-state index is 11.7. The summed E-state index contributed by atoms with van der Waals surface area (Å²) in [6, 6.07) is 8.85. The molecule has 1 atom stereocenters. The third-order valence-corrected chi connectivity index (χ3v) is 2.45. The van der Waals surface area contributed by atoms with E-state index in [1.54, 1.807) is 0 Å². The van der Waals surface area contributed by atoms with Crippen LogP contribution >= 0.6 is 0 Å². The quantitative estimate of drug-likeness (QED) is 0.762. The first-order valence-corrected chi connectivity index (χ1v) is 5.58. The van der Waals surface area contributed by atoms with Gasteiger partial charge in [-0.15, -0.1) is 0 Å². The summed E-state index contributed by atoms with van der Waals surface area (Å²) in [5.74, 6) is -0.455. The number of rotatable bonds is 6. The molecule has 2 N–H and O–H groups in total. The fourth-order valence-corrected chi connectivity index (χ4v) is 1.56. The minimum Gasteiger partial charge on any atom is -0.394 e. The van der Waals surface area contributed by atoms with Crippen molar-refractivity contribution in [2.24, 2.45) is 0 Å². The number of nitrogens with one attached hydrogen (secondary N) is 1. The Hall–Kier alpha value is -1.68. The Kier molecular flexibility index (Phi) is 5.36. The van der Waals surface area contributed by atoms with E-state index in [0.717, 1.165) is 5.56 Å². The second kappa shape index (κ2) is 6.81. The molecule has 0 spiro atoms. The minimum atomic E-state index is -0.781. The van der Waals surface area contributed by atoms with E-state index in [1.165, 1.54) is 6.92 Å². The van der Waals surface area contributed by atoms with Gasteiger partial charge >= 0.3 is 0 Å². The van der Waals surface area contributed by atoms with Gasteiger partial charge in [-0.1, -0.05) is 30.3 Å². The van der Waals surface area contributed by atoms with E-state index in [0.29, 0.717) is 12.8 Å². The first kappa shape index (κ1) is 13.4. The van der Waals surface area contributed by atoms with Gasteiger partial charge in [0.25, 0.3) is 0 Å². The normalized spacial score (nSPS) is 11.9. The molecule has 0 aliphatic carbocycles. The van der Waals surface area contributed by atoms with Crippen LogP contribution in [0.2, 0.25) is 0 Å². The lowest BCUT2D eigenvalue weighted by molar-refractivity contribution is -0.127. The fraction of sp³-hybridized carbons (Fsp3) is 0.385. The number of aliphatic hydroxyl groups excluding tert-OH is 1. The SMILES string of the molecule is CC(=O)N[C@H](CO)C(=O)CCc1ccccc1. The van der Waals surface area contributed by atoms with Crippen LogP contribution in [0.1, 0.15) is 18.9 Å². The van der Waals surface area contributed by atoms with Crippen molar-refractivity contribution in [3.8, 4) is 0 Å². The largest absolute Gasteiger partial charge is 0.394 e. The number of amides is 1. The minimum absolute atomic E-state index is 0.147. The topological polar surface area (TPSA) is 66.4 Å². The molecule has 0 heterocycles. The van der Waals surface area contributed by atoms with Gasteiger partial charge in [0.15, 0.2) is 5.78 Å². The molecular formula is C13H17NO3. The highest BCUT2D eigenvalue weighted by molar-refractivity contribution is 5.88. The number of aryl methyl sites for hydroxylation is 1. The third kappa shape index (κ3) is 4.78. The van der Waals surface area contributed by atoms with Gasteiger partial charge in [-0.05, 0) is 12.0 Å². The Morgan fingerprint density at radius 2 is 1.94 bits per heavy atom. The standard InChI is InChI=1S/C13H17NO3/c1-10(16)14-12(9-15)13(17)8-7-11-5-3-2-4-6-11/h2-6,12,15H,7-9H2,1H3,(H,14,16)/t12-/m1/s1. The first-order valence-electron chi connectivity index (χ1n) is 5.58. The summed E-state index contributed by atoms with van der Waals surface area (Å²) >= 11 is 0. The van der Waals surface area contributed by atoms with Crippen LogP contribution in [0, 0.1) is 0 Å². The number of hydrogen-bond donors (Lipinski definition) is 2. The summed E-state index contributed by atoms with van der Waals surface area (Å²) in [6.45, 7) is 0.973. The van der Waals surface area contributed by atoms with E-state index in [1.807, 2.05) is 30.3 Å². The van der Waals surface area contributed by atoms with Crippen LogP contribution in [0.15, 0.2) is 30.3 Å². The summed E-state index contributed by atoms with van der Waals surface area (Å²) in [7, 11) is 0. The van der Waals surface area contributed by atoms with Gasteiger partial charge < -0.3 is 10.4 Å². The van der Waals surface area contributed by atoms with Gasteiger partial charge in [0.05, 0.1) is 6.61 Å². The number of carbonyl (C=O) groups excluding carboxylic acids is 2. The van der Waals surface area contributed by atoms with Crippen LogP contribution in [-0.4, -0.2) is 29.4 Å². The van der Waals surface area contributed by atoms with Crippen molar-refractivity contribution in [3.63, 3.8) is 0 Å². The smallest absolute Gasteiger partial charge is 0.217 e. The van der Waals surface area contributed by atoms with Gasteiger partial charge in [0.2, 0.25) is 5.91 Å². The fourth-order valence-electron chi connectivity index (χ4n) is 1.56. The van der Waals surface area contributed by atoms with Gasteiger partial charge in [-0.3, -0.25) is 9.59 Å². The van der Waals surface area contributed by atoms with Crippen LogP contribution < -0.4 is 5.32 Å². The zero-order valence-electron chi connectivity index (χ0n) is 9.85. The van der Waals surface area contributed by atoms with Crippen molar-refractivity contribution in [3.05, 3.63) is 35.9 Å². The highest BCUT2D eigenvalue weighted by Crippen LogP contribution is 2.04. The molecule has 1 aromatic rings. The van der Waals surface area contributed by atoms with Crippen LogP contribution in [0.3, 0.4) is 0 Å². The summed E-state index contributed by atoms with van der Waals surface area (Å²) in [5.41, 5.74) is 1.07. The molecule has 0 fully saturated rings. The Morgan fingerprint density at radius 1 is 1.29 bits per heavy atom. The zero-order chi connectivity index (χ0) is 12.7. The lowest BCUT2D eigenvalue weighted by Gasteiger charge is -2.13. The van der Waals surface area contributed by atoms with E-state index < -0.39 is 6.04 Å². The second-order valence-electron chi connectivity index (χ2n) is 3.89. The molecule has 0 unspecified atom stereocenters. The molecule has 0 aliphatic heterocycles. The third-order valence-electron chi connectivity index (χ3n) is 2.45. The monoisotopic (exact) mass is 235 g/mol. The molecule has 1 rings (SSSR count). The van der Waals surface area contributed by atoms with Crippen LogP contribution in [0.4, 0.5) is 0 Å². The van der Waals surface area contributed by atoms with E-state index in [4.69, 9.17) is 5.11 Å². The molecule has 0 radical (unpaired) electrons. The van der Waals surface area contributed by atoms with Crippen molar-refractivity contribution in [1.82, 2.24) is 5.32 Å².